The molecule has 1 N–H and O–H groups in total. The van der Waals surface area contributed by atoms with E-state index in [9.17, 15) is 5.11 Å². The smallest absolute Gasteiger partial charge is 0.0909 e. The van der Waals surface area contributed by atoms with Crippen molar-refractivity contribution in [1.29, 1.82) is 0 Å². The molecule has 1 aromatic carbocycles. The van der Waals surface area contributed by atoms with Gasteiger partial charge in [0.25, 0.3) is 0 Å². The van der Waals surface area contributed by atoms with Crippen molar-refractivity contribution in [3.8, 4) is 0 Å². The van der Waals surface area contributed by atoms with Crippen LogP contribution >= 0.6 is 15.9 Å². The third-order valence-corrected chi connectivity index (χ3v) is 3.96. The quantitative estimate of drug-likeness (QED) is 0.857. The van der Waals surface area contributed by atoms with Gasteiger partial charge in [0, 0.05) is 4.47 Å². The summed E-state index contributed by atoms with van der Waals surface area (Å²) in [6.45, 7) is 0. The molecule has 2 aliphatic rings. The standard InChI is InChI=1S/C12H13BrO/c13-11-4-3-9(8-1-2-8)7-10(11)12(14)5-6-12/h3-4,7-8,14H,1-2,5-6H2. The summed E-state index contributed by atoms with van der Waals surface area (Å²) in [5.41, 5.74) is 1.99. The van der Waals surface area contributed by atoms with E-state index in [1.165, 1.54) is 18.4 Å². The lowest BCUT2D eigenvalue weighted by molar-refractivity contribution is 0.150. The molecule has 1 nitrogen and oxygen atoms in total. The van der Waals surface area contributed by atoms with Gasteiger partial charge in [-0.05, 0) is 48.8 Å². The zero-order chi connectivity index (χ0) is 9.76. The van der Waals surface area contributed by atoms with E-state index in [2.05, 4.69) is 34.1 Å². The molecule has 0 heterocycles. The second-order valence-corrected chi connectivity index (χ2v) is 5.40. The van der Waals surface area contributed by atoms with E-state index >= 15 is 0 Å². The van der Waals surface area contributed by atoms with Crippen LogP contribution in [0.15, 0.2) is 22.7 Å². The first kappa shape index (κ1) is 8.93. The highest BCUT2D eigenvalue weighted by Crippen LogP contribution is 2.50. The Morgan fingerprint density at radius 1 is 1.29 bits per heavy atom. The number of rotatable bonds is 2. The first-order chi connectivity index (χ1) is 6.69. The lowest BCUT2D eigenvalue weighted by atomic mass is 10.0. The molecule has 2 aliphatic carbocycles. The lowest BCUT2D eigenvalue weighted by Crippen LogP contribution is -2.05. The van der Waals surface area contributed by atoms with Crippen molar-refractivity contribution in [3.63, 3.8) is 0 Å². The number of aliphatic hydroxyl groups is 1. The molecule has 0 aliphatic heterocycles. The topological polar surface area (TPSA) is 20.2 Å². The van der Waals surface area contributed by atoms with E-state index in [1.807, 2.05) is 0 Å². The molecule has 2 heteroatoms. The number of hydrogen-bond acceptors (Lipinski definition) is 1. The summed E-state index contributed by atoms with van der Waals surface area (Å²) in [4.78, 5) is 0. The highest BCUT2D eigenvalue weighted by Gasteiger charge is 2.43. The first-order valence-corrected chi connectivity index (χ1v) is 6.01. The number of hydrogen-bond donors (Lipinski definition) is 1. The summed E-state index contributed by atoms with van der Waals surface area (Å²) in [5.74, 6) is 0.768. The molecule has 74 valence electrons. The van der Waals surface area contributed by atoms with Gasteiger partial charge in [-0.3, -0.25) is 0 Å². The minimum absolute atomic E-state index is 0.510. The van der Waals surface area contributed by atoms with Crippen molar-refractivity contribution in [1.82, 2.24) is 0 Å². The summed E-state index contributed by atoms with van der Waals surface area (Å²) < 4.78 is 1.06. The van der Waals surface area contributed by atoms with E-state index in [0.717, 1.165) is 28.8 Å². The van der Waals surface area contributed by atoms with Crippen LogP contribution in [-0.2, 0) is 5.60 Å². The van der Waals surface area contributed by atoms with Crippen molar-refractivity contribution < 1.29 is 5.11 Å². The molecule has 2 fully saturated rings. The zero-order valence-electron chi connectivity index (χ0n) is 7.96. The Balaban J connectivity index is 2.03. The Bertz CT molecular complexity index is 378. The van der Waals surface area contributed by atoms with Crippen LogP contribution in [0, 0.1) is 0 Å². The SMILES string of the molecule is OC1(c2cc(C3CC3)ccc2Br)CC1. The maximum absolute atomic E-state index is 10.1. The zero-order valence-corrected chi connectivity index (χ0v) is 9.55. The van der Waals surface area contributed by atoms with Crippen LogP contribution in [0.25, 0.3) is 0 Å². The highest BCUT2D eigenvalue weighted by atomic mass is 79.9. The summed E-state index contributed by atoms with van der Waals surface area (Å²) in [7, 11) is 0. The van der Waals surface area contributed by atoms with E-state index in [0.29, 0.717) is 0 Å². The van der Waals surface area contributed by atoms with E-state index in [-0.39, 0.29) is 0 Å². The van der Waals surface area contributed by atoms with Crippen LogP contribution in [0.2, 0.25) is 0 Å². The summed E-state index contributed by atoms with van der Waals surface area (Å²) in [6, 6.07) is 6.45. The summed E-state index contributed by atoms with van der Waals surface area (Å²) in [6.07, 6.45) is 4.47. The molecule has 0 aromatic heterocycles. The molecule has 3 rings (SSSR count). The highest BCUT2D eigenvalue weighted by molar-refractivity contribution is 9.10. The summed E-state index contributed by atoms with van der Waals surface area (Å²) >= 11 is 3.52. The van der Waals surface area contributed by atoms with Gasteiger partial charge in [0.1, 0.15) is 0 Å². The Morgan fingerprint density at radius 3 is 2.57 bits per heavy atom. The van der Waals surface area contributed by atoms with Crippen LogP contribution in [0.3, 0.4) is 0 Å². The molecule has 0 spiro atoms. The second kappa shape index (κ2) is 2.83. The predicted octanol–water partition coefficient (Wildman–Crippen LogP) is 3.31. The van der Waals surface area contributed by atoms with Crippen molar-refractivity contribution in [2.24, 2.45) is 0 Å². The predicted molar refractivity (Wildman–Crippen MR) is 59.2 cm³/mol. The average Bonchev–Trinajstić information content (AvgIpc) is 3.00. The van der Waals surface area contributed by atoms with Crippen LogP contribution in [0.5, 0.6) is 0 Å². The maximum Gasteiger partial charge on any atom is 0.0909 e. The summed E-state index contributed by atoms with van der Waals surface area (Å²) in [5, 5.41) is 10.1. The van der Waals surface area contributed by atoms with Gasteiger partial charge in [-0.15, -0.1) is 0 Å². The van der Waals surface area contributed by atoms with Crippen LogP contribution in [0.1, 0.15) is 42.7 Å². The van der Waals surface area contributed by atoms with E-state index in [4.69, 9.17) is 0 Å². The molecule has 0 unspecified atom stereocenters. The minimum Gasteiger partial charge on any atom is -0.385 e. The Labute approximate surface area is 92.3 Å². The van der Waals surface area contributed by atoms with Crippen molar-refractivity contribution in [2.75, 3.05) is 0 Å². The van der Waals surface area contributed by atoms with E-state index in [1.54, 1.807) is 0 Å². The number of benzene rings is 1. The molecule has 0 atom stereocenters. The lowest BCUT2D eigenvalue weighted by Gasteiger charge is -2.12. The van der Waals surface area contributed by atoms with Crippen LogP contribution in [0.4, 0.5) is 0 Å². The molecule has 1 aromatic rings. The van der Waals surface area contributed by atoms with Gasteiger partial charge >= 0.3 is 0 Å². The third kappa shape index (κ3) is 1.41. The monoisotopic (exact) mass is 252 g/mol. The average molecular weight is 253 g/mol. The minimum atomic E-state index is -0.510. The fraction of sp³-hybridized carbons (Fsp3) is 0.500. The molecule has 0 amide bonds. The van der Waals surface area contributed by atoms with Crippen LogP contribution < -0.4 is 0 Å². The van der Waals surface area contributed by atoms with Gasteiger partial charge in [-0.2, -0.15) is 0 Å². The molecule has 0 bridgehead atoms. The van der Waals surface area contributed by atoms with Gasteiger partial charge in [0.15, 0.2) is 0 Å². The first-order valence-electron chi connectivity index (χ1n) is 5.21. The second-order valence-electron chi connectivity index (χ2n) is 4.55. The third-order valence-electron chi connectivity index (χ3n) is 3.26. The molecular weight excluding hydrogens is 240 g/mol. The maximum atomic E-state index is 10.1. The molecule has 0 radical (unpaired) electrons. The van der Waals surface area contributed by atoms with Gasteiger partial charge in [-0.1, -0.05) is 28.1 Å². The molecule has 0 saturated heterocycles. The fourth-order valence-corrected chi connectivity index (χ4v) is 2.57. The van der Waals surface area contributed by atoms with Gasteiger partial charge in [-0.25, -0.2) is 0 Å². The molecule has 2 saturated carbocycles. The fourth-order valence-electron chi connectivity index (χ4n) is 1.96. The van der Waals surface area contributed by atoms with Gasteiger partial charge in [0.05, 0.1) is 5.60 Å². The molecular formula is C12H13BrO. The van der Waals surface area contributed by atoms with Crippen LogP contribution in [-0.4, -0.2) is 5.11 Å². The van der Waals surface area contributed by atoms with Crippen molar-refractivity contribution >= 4 is 15.9 Å². The Kier molecular flexibility index (Phi) is 1.80. The Hall–Kier alpha value is -0.340. The largest absolute Gasteiger partial charge is 0.385 e. The normalized spacial score (nSPS) is 23.6. The van der Waals surface area contributed by atoms with Crippen molar-refractivity contribution in [2.45, 2.75) is 37.2 Å². The molecule has 14 heavy (non-hydrogen) atoms. The van der Waals surface area contributed by atoms with E-state index < -0.39 is 5.60 Å². The number of halogens is 1. The van der Waals surface area contributed by atoms with Gasteiger partial charge < -0.3 is 5.11 Å². The Morgan fingerprint density at radius 2 is 2.00 bits per heavy atom. The van der Waals surface area contributed by atoms with Gasteiger partial charge in [0.2, 0.25) is 0 Å². The van der Waals surface area contributed by atoms with Crippen molar-refractivity contribution in [3.05, 3.63) is 33.8 Å².